The topological polar surface area (TPSA) is 35.5 Å². The van der Waals surface area contributed by atoms with Crippen molar-refractivity contribution in [1.82, 2.24) is 0 Å². The van der Waals surface area contributed by atoms with Gasteiger partial charge in [-0.3, -0.25) is 4.79 Å². The van der Waals surface area contributed by atoms with Gasteiger partial charge < -0.3 is 9.47 Å². The van der Waals surface area contributed by atoms with E-state index >= 15 is 0 Å². The molecule has 0 atom stereocenters. The first-order chi connectivity index (χ1) is 6.70. The Balaban J connectivity index is 2.98. The molecule has 0 saturated heterocycles. The number of carbonyl (C=O) groups is 1. The minimum atomic E-state index is 0.193. The van der Waals surface area contributed by atoms with E-state index in [0.717, 1.165) is 16.3 Å². The van der Waals surface area contributed by atoms with E-state index in [4.69, 9.17) is 9.47 Å². The highest BCUT2D eigenvalue weighted by Gasteiger charge is 2.07. The molecule has 1 rings (SSSR count). The van der Waals surface area contributed by atoms with Gasteiger partial charge in [-0.05, 0) is 40.5 Å². The van der Waals surface area contributed by atoms with Crippen molar-refractivity contribution < 1.29 is 14.3 Å². The van der Waals surface area contributed by atoms with Crippen LogP contribution in [0.4, 0.5) is 0 Å². The predicted octanol–water partition coefficient (Wildman–Crippen LogP) is 2.55. The molecule has 0 radical (unpaired) electrons. The summed E-state index contributed by atoms with van der Waals surface area (Å²) in [5, 5.41) is 0. The number of hydrogen-bond donors (Lipinski definition) is 0. The van der Waals surface area contributed by atoms with Crippen LogP contribution >= 0.6 is 15.9 Å². The molecule has 0 spiro atoms. The second-order valence-corrected chi connectivity index (χ2v) is 3.55. The van der Waals surface area contributed by atoms with Crippen LogP contribution < -0.4 is 4.74 Å². The standard InChI is InChI=1S/C10H11BrO3/c1-7-8(5-12)3-4-9(10(7)11)14-6-13-2/h3-5H,6H2,1-2H3. The van der Waals surface area contributed by atoms with Gasteiger partial charge in [0.25, 0.3) is 0 Å². The lowest BCUT2D eigenvalue weighted by Gasteiger charge is -2.09. The smallest absolute Gasteiger partial charge is 0.188 e. The number of benzene rings is 1. The molecule has 1 aromatic carbocycles. The van der Waals surface area contributed by atoms with E-state index in [1.165, 1.54) is 0 Å². The average Bonchev–Trinajstić information content (AvgIpc) is 2.20. The van der Waals surface area contributed by atoms with E-state index in [-0.39, 0.29) is 6.79 Å². The van der Waals surface area contributed by atoms with Crippen LogP contribution in [0.3, 0.4) is 0 Å². The molecule has 0 unspecified atom stereocenters. The van der Waals surface area contributed by atoms with Gasteiger partial charge in [-0.25, -0.2) is 0 Å². The summed E-state index contributed by atoms with van der Waals surface area (Å²) in [6, 6.07) is 3.46. The van der Waals surface area contributed by atoms with E-state index in [9.17, 15) is 4.79 Å². The third kappa shape index (κ3) is 2.33. The quantitative estimate of drug-likeness (QED) is 0.615. The van der Waals surface area contributed by atoms with Crippen molar-refractivity contribution in [2.45, 2.75) is 6.92 Å². The van der Waals surface area contributed by atoms with Crippen molar-refractivity contribution in [3.63, 3.8) is 0 Å². The lowest BCUT2D eigenvalue weighted by Crippen LogP contribution is -2.00. The Kier molecular flexibility index (Phi) is 4.10. The zero-order valence-electron chi connectivity index (χ0n) is 8.04. The minimum Gasteiger partial charge on any atom is -0.466 e. The van der Waals surface area contributed by atoms with Gasteiger partial charge in [0.05, 0.1) is 4.47 Å². The van der Waals surface area contributed by atoms with Gasteiger partial charge in [0.2, 0.25) is 0 Å². The number of methoxy groups -OCH3 is 1. The molecule has 3 nitrogen and oxygen atoms in total. The molecule has 0 amide bonds. The highest BCUT2D eigenvalue weighted by Crippen LogP contribution is 2.29. The Morgan fingerprint density at radius 3 is 2.79 bits per heavy atom. The SMILES string of the molecule is COCOc1ccc(C=O)c(C)c1Br. The Labute approximate surface area is 91.1 Å². The highest BCUT2D eigenvalue weighted by molar-refractivity contribution is 9.10. The maximum absolute atomic E-state index is 10.6. The van der Waals surface area contributed by atoms with Crippen molar-refractivity contribution >= 4 is 22.2 Å². The monoisotopic (exact) mass is 258 g/mol. The summed E-state index contributed by atoms with van der Waals surface area (Å²) in [4.78, 5) is 10.6. The predicted molar refractivity (Wildman–Crippen MR) is 56.8 cm³/mol. The molecule has 14 heavy (non-hydrogen) atoms. The van der Waals surface area contributed by atoms with Gasteiger partial charge in [0.15, 0.2) is 6.79 Å². The number of carbonyl (C=O) groups excluding carboxylic acids is 1. The molecule has 1 aromatic rings. The Bertz CT molecular complexity index is 336. The van der Waals surface area contributed by atoms with Crippen molar-refractivity contribution in [1.29, 1.82) is 0 Å². The zero-order chi connectivity index (χ0) is 10.6. The van der Waals surface area contributed by atoms with Crippen molar-refractivity contribution in [2.75, 3.05) is 13.9 Å². The molecule has 0 aliphatic carbocycles. The Hall–Kier alpha value is -0.870. The molecule has 76 valence electrons. The number of rotatable bonds is 4. The molecule has 0 saturated carbocycles. The van der Waals surface area contributed by atoms with Crippen LogP contribution in [0.25, 0.3) is 0 Å². The van der Waals surface area contributed by atoms with E-state index < -0.39 is 0 Å². The molecule has 0 aliphatic heterocycles. The lowest BCUT2D eigenvalue weighted by molar-refractivity contribution is 0.0505. The maximum atomic E-state index is 10.6. The fourth-order valence-electron chi connectivity index (χ4n) is 1.04. The fraction of sp³-hybridized carbons (Fsp3) is 0.300. The largest absolute Gasteiger partial charge is 0.466 e. The highest BCUT2D eigenvalue weighted by atomic mass is 79.9. The van der Waals surface area contributed by atoms with Gasteiger partial charge in [-0.1, -0.05) is 0 Å². The molecule has 0 aliphatic rings. The molecule has 0 fully saturated rings. The normalized spacial score (nSPS) is 9.93. The van der Waals surface area contributed by atoms with Gasteiger partial charge in [-0.2, -0.15) is 0 Å². The summed E-state index contributed by atoms with van der Waals surface area (Å²) in [6.07, 6.45) is 0.820. The summed E-state index contributed by atoms with van der Waals surface area (Å²) < 4.78 is 10.9. The number of halogens is 1. The molecule has 0 aromatic heterocycles. The van der Waals surface area contributed by atoms with Gasteiger partial charge in [-0.15, -0.1) is 0 Å². The zero-order valence-corrected chi connectivity index (χ0v) is 9.63. The van der Waals surface area contributed by atoms with Crippen molar-refractivity contribution in [3.05, 3.63) is 27.7 Å². The number of hydrogen-bond acceptors (Lipinski definition) is 3. The van der Waals surface area contributed by atoms with E-state index in [0.29, 0.717) is 11.3 Å². The van der Waals surface area contributed by atoms with Gasteiger partial charge >= 0.3 is 0 Å². The molecule has 0 bridgehead atoms. The van der Waals surface area contributed by atoms with Crippen molar-refractivity contribution in [3.8, 4) is 5.75 Å². The summed E-state index contributed by atoms with van der Waals surface area (Å²) in [6.45, 7) is 2.05. The Morgan fingerprint density at radius 2 is 2.21 bits per heavy atom. The van der Waals surface area contributed by atoms with Crippen LogP contribution in [-0.4, -0.2) is 20.2 Å². The first kappa shape index (κ1) is 11.2. The summed E-state index contributed by atoms with van der Waals surface area (Å²) >= 11 is 3.36. The Morgan fingerprint density at radius 1 is 1.50 bits per heavy atom. The summed E-state index contributed by atoms with van der Waals surface area (Å²) in [7, 11) is 1.56. The third-order valence-electron chi connectivity index (χ3n) is 1.85. The van der Waals surface area contributed by atoms with Crippen LogP contribution in [-0.2, 0) is 4.74 Å². The number of aldehydes is 1. The first-order valence-electron chi connectivity index (χ1n) is 4.06. The number of ether oxygens (including phenoxy) is 2. The second kappa shape index (κ2) is 5.12. The van der Waals surface area contributed by atoms with Crippen LogP contribution in [0.5, 0.6) is 5.75 Å². The van der Waals surface area contributed by atoms with Gasteiger partial charge in [0.1, 0.15) is 12.0 Å². The van der Waals surface area contributed by atoms with E-state index in [1.54, 1.807) is 19.2 Å². The second-order valence-electron chi connectivity index (χ2n) is 2.76. The minimum absolute atomic E-state index is 0.193. The van der Waals surface area contributed by atoms with E-state index in [2.05, 4.69) is 15.9 Å². The third-order valence-corrected chi connectivity index (χ3v) is 2.84. The molecule has 4 heteroatoms. The maximum Gasteiger partial charge on any atom is 0.188 e. The van der Waals surface area contributed by atoms with Crippen molar-refractivity contribution in [2.24, 2.45) is 0 Å². The average molecular weight is 259 g/mol. The molecule has 0 N–H and O–H groups in total. The van der Waals surface area contributed by atoms with Crippen LogP contribution in [0.15, 0.2) is 16.6 Å². The van der Waals surface area contributed by atoms with E-state index in [1.807, 2.05) is 6.92 Å². The van der Waals surface area contributed by atoms with Gasteiger partial charge in [0, 0.05) is 12.7 Å². The molecule has 0 heterocycles. The van der Waals surface area contributed by atoms with Crippen LogP contribution in [0, 0.1) is 6.92 Å². The van der Waals surface area contributed by atoms with Crippen LogP contribution in [0.2, 0.25) is 0 Å². The lowest BCUT2D eigenvalue weighted by atomic mass is 10.1. The van der Waals surface area contributed by atoms with Crippen LogP contribution in [0.1, 0.15) is 15.9 Å². The molecular weight excluding hydrogens is 248 g/mol. The molecular formula is C10H11BrO3. The fourth-order valence-corrected chi connectivity index (χ4v) is 1.51. The summed E-state index contributed by atoms with van der Waals surface area (Å²) in [5.74, 6) is 0.676. The first-order valence-corrected chi connectivity index (χ1v) is 4.86. The summed E-state index contributed by atoms with van der Waals surface area (Å²) in [5.41, 5.74) is 1.52.